The van der Waals surface area contributed by atoms with Crippen LogP contribution in [0.3, 0.4) is 0 Å². The SMILES string of the molecule is CN(CC(=O)N[C@H](Cc1ccccc1)C(N)=O)c1cnccn1. The van der Waals surface area contributed by atoms with Crippen LogP contribution in [0.5, 0.6) is 0 Å². The highest BCUT2D eigenvalue weighted by Gasteiger charge is 2.19. The molecule has 0 fully saturated rings. The molecular weight excluding hydrogens is 294 g/mol. The fourth-order valence-corrected chi connectivity index (χ4v) is 2.10. The van der Waals surface area contributed by atoms with Gasteiger partial charge in [-0.05, 0) is 5.56 Å². The van der Waals surface area contributed by atoms with Crippen molar-refractivity contribution in [2.24, 2.45) is 5.73 Å². The number of benzene rings is 1. The molecule has 1 aromatic carbocycles. The number of rotatable bonds is 7. The molecule has 3 N–H and O–H groups in total. The van der Waals surface area contributed by atoms with Crippen molar-refractivity contribution < 1.29 is 9.59 Å². The highest BCUT2D eigenvalue weighted by molar-refractivity contribution is 5.88. The Labute approximate surface area is 134 Å². The maximum atomic E-state index is 12.1. The van der Waals surface area contributed by atoms with Gasteiger partial charge in [0.05, 0.1) is 12.7 Å². The van der Waals surface area contributed by atoms with Gasteiger partial charge in [0.1, 0.15) is 11.9 Å². The van der Waals surface area contributed by atoms with Crippen LogP contribution in [0.1, 0.15) is 5.56 Å². The molecule has 1 heterocycles. The lowest BCUT2D eigenvalue weighted by atomic mass is 10.1. The van der Waals surface area contributed by atoms with Crippen LogP contribution in [-0.2, 0) is 16.0 Å². The average Bonchev–Trinajstić information content (AvgIpc) is 2.56. The van der Waals surface area contributed by atoms with E-state index in [1.165, 1.54) is 0 Å². The standard InChI is InChI=1S/C16H19N5O2/c1-21(14-10-18-7-8-19-14)11-15(22)20-13(16(17)23)9-12-5-3-2-4-6-12/h2-8,10,13H,9,11H2,1H3,(H2,17,23)(H,20,22)/t13-/m1/s1. The Morgan fingerprint density at radius 3 is 2.61 bits per heavy atom. The molecule has 2 aromatic rings. The summed E-state index contributed by atoms with van der Waals surface area (Å²) in [7, 11) is 1.72. The summed E-state index contributed by atoms with van der Waals surface area (Å²) in [6.07, 6.45) is 5.02. The van der Waals surface area contributed by atoms with Gasteiger partial charge in [-0.2, -0.15) is 0 Å². The molecule has 0 bridgehead atoms. The Bertz CT molecular complexity index is 648. The largest absolute Gasteiger partial charge is 0.368 e. The molecule has 0 aliphatic rings. The topological polar surface area (TPSA) is 101 Å². The third-order valence-corrected chi connectivity index (χ3v) is 3.28. The second kappa shape index (κ2) is 7.88. The van der Waals surface area contributed by atoms with Gasteiger partial charge in [-0.1, -0.05) is 30.3 Å². The Morgan fingerprint density at radius 1 is 1.26 bits per heavy atom. The first-order valence-electron chi connectivity index (χ1n) is 7.16. The number of aromatic nitrogens is 2. The van der Waals surface area contributed by atoms with Crippen molar-refractivity contribution in [1.82, 2.24) is 15.3 Å². The summed E-state index contributed by atoms with van der Waals surface area (Å²) >= 11 is 0. The minimum atomic E-state index is -0.750. The van der Waals surface area contributed by atoms with Crippen LogP contribution in [0.15, 0.2) is 48.9 Å². The van der Waals surface area contributed by atoms with Crippen molar-refractivity contribution in [3.05, 3.63) is 54.5 Å². The summed E-state index contributed by atoms with van der Waals surface area (Å²) in [5, 5.41) is 2.66. The maximum Gasteiger partial charge on any atom is 0.240 e. The number of primary amides is 1. The monoisotopic (exact) mass is 313 g/mol. The van der Waals surface area contributed by atoms with E-state index in [1.807, 2.05) is 30.3 Å². The summed E-state index contributed by atoms with van der Waals surface area (Å²) in [5.41, 5.74) is 6.31. The summed E-state index contributed by atoms with van der Waals surface area (Å²) in [4.78, 5) is 33.4. The number of carbonyl (C=O) groups is 2. The van der Waals surface area contributed by atoms with Gasteiger partial charge in [-0.3, -0.25) is 14.6 Å². The van der Waals surface area contributed by atoms with E-state index in [9.17, 15) is 9.59 Å². The van der Waals surface area contributed by atoms with Crippen LogP contribution in [0.4, 0.5) is 5.82 Å². The number of amides is 2. The number of likely N-dealkylation sites (N-methyl/N-ethyl adjacent to an activating group) is 1. The smallest absolute Gasteiger partial charge is 0.240 e. The summed E-state index contributed by atoms with van der Waals surface area (Å²) in [6, 6.07) is 8.65. The van der Waals surface area contributed by atoms with Crippen molar-refractivity contribution in [2.75, 3.05) is 18.5 Å². The zero-order valence-electron chi connectivity index (χ0n) is 12.8. The summed E-state index contributed by atoms with van der Waals surface area (Å²) < 4.78 is 0. The zero-order valence-corrected chi connectivity index (χ0v) is 12.8. The van der Waals surface area contributed by atoms with Gasteiger partial charge < -0.3 is 16.0 Å². The lowest BCUT2D eigenvalue weighted by Gasteiger charge is -2.20. The van der Waals surface area contributed by atoms with Crippen molar-refractivity contribution in [3.8, 4) is 0 Å². The minimum absolute atomic E-state index is 0.0528. The van der Waals surface area contributed by atoms with E-state index in [0.29, 0.717) is 12.2 Å². The predicted octanol–water partition coefficient (Wildman–Crippen LogP) is 0.126. The third kappa shape index (κ3) is 5.06. The molecular formula is C16H19N5O2. The van der Waals surface area contributed by atoms with E-state index < -0.39 is 11.9 Å². The molecule has 0 aliphatic carbocycles. The van der Waals surface area contributed by atoms with E-state index >= 15 is 0 Å². The second-order valence-corrected chi connectivity index (χ2v) is 5.13. The Hall–Kier alpha value is -2.96. The van der Waals surface area contributed by atoms with Crippen molar-refractivity contribution in [3.63, 3.8) is 0 Å². The fourth-order valence-electron chi connectivity index (χ4n) is 2.10. The predicted molar refractivity (Wildman–Crippen MR) is 86.6 cm³/mol. The zero-order chi connectivity index (χ0) is 16.7. The summed E-state index contributed by atoms with van der Waals surface area (Å²) in [6.45, 7) is 0.0528. The van der Waals surface area contributed by atoms with Gasteiger partial charge in [0.25, 0.3) is 0 Å². The molecule has 7 heteroatoms. The molecule has 1 atom stereocenters. The first-order chi connectivity index (χ1) is 11.1. The number of nitrogens with one attached hydrogen (secondary N) is 1. The minimum Gasteiger partial charge on any atom is -0.368 e. The lowest BCUT2D eigenvalue weighted by Crippen LogP contribution is -2.48. The molecule has 2 amide bonds. The highest BCUT2D eigenvalue weighted by atomic mass is 16.2. The molecule has 1 aromatic heterocycles. The highest BCUT2D eigenvalue weighted by Crippen LogP contribution is 2.05. The van der Waals surface area contributed by atoms with Crippen molar-refractivity contribution >= 4 is 17.6 Å². The lowest BCUT2D eigenvalue weighted by molar-refractivity contribution is -0.126. The van der Waals surface area contributed by atoms with Crippen LogP contribution in [0.25, 0.3) is 0 Å². The third-order valence-electron chi connectivity index (χ3n) is 3.28. The summed E-state index contributed by atoms with van der Waals surface area (Å²) in [5.74, 6) is -0.302. The molecule has 0 unspecified atom stereocenters. The molecule has 120 valence electrons. The number of nitrogens with two attached hydrogens (primary N) is 1. The van der Waals surface area contributed by atoms with Gasteiger partial charge in [0, 0.05) is 25.9 Å². The van der Waals surface area contributed by atoms with Gasteiger partial charge in [0.2, 0.25) is 11.8 Å². The Balaban J connectivity index is 1.94. The fraction of sp³-hybridized carbons (Fsp3) is 0.250. The normalized spacial score (nSPS) is 11.5. The number of hydrogen-bond acceptors (Lipinski definition) is 5. The van der Waals surface area contributed by atoms with E-state index in [2.05, 4.69) is 15.3 Å². The van der Waals surface area contributed by atoms with Gasteiger partial charge in [0.15, 0.2) is 0 Å². The van der Waals surface area contributed by atoms with Gasteiger partial charge >= 0.3 is 0 Å². The molecule has 0 radical (unpaired) electrons. The number of hydrogen-bond donors (Lipinski definition) is 2. The molecule has 7 nitrogen and oxygen atoms in total. The van der Waals surface area contributed by atoms with Crippen LogP contribution >= 0.6 is 0 Å². The quantitative estimate of drug-likeness (QED) is 0.756. The first kappa shape index (κ1) is 16.4. The van der Waals surface area contributed by atoms with Gasteiger partial charge in [-0.15, -0.1) is 0 Å². The van der Waals surface area contributed by atoms with E-state index in [1.54, 1.807) is 30.5 Å². The van der Waals surface area contributed by atoms with Crippen LogP contribution in [0.2, 0.25) is 0 Å². The molecule has 23 heavy (non-hydrogen) atoms. The van der Waals surface area contributed by atoms with E-state index in [-0.39, 0.29) is 12.5 Å². The maximum absolute atomic E-state index is 12.1. The molecule has 2 rings (SSSR count). The van der Waals surface area contributed by atoms with Crippen molar-refractivity contribution in [1.29, 1.82) is 0 Å². The van der Waals surface area contributed by atoms with Crippen LogP contribution < -0.4 is 16.0 Å². The molecule has 0 spiro atoms. The Kier molecular flexibility index (Phi) is 5.62. The Morgan fingerprint density at radius 2 is 2.00 bits per heavy atom. The average molecular weight is 313 g/mol. The number of anilines is 1. The second-order valence-electron chi connectivity index (χ2n) is 5.13. The van der Waals surface area contributed by atoms with Crippen LogP contribution in [0, 0.1) is 0 Å². The molecule has 0 aliphatic heterocycles. The van der Waals surface area contributed by atoms with Crippen LogP contribution in [-0.4, -0.2) is 41.4 Å². The van der Waals surface area contributed by atoms with Gasteiger partial charge in [-0.25, -0.2) is 4.98 Å². The van der Waals surface area contributed by atoms with Crippen molar-refractivity contribution in [2.45, 2.75) is 12.5 Å². The van der Waals surface area contributed by atoms with E-state index in [0.717, 1.165) is 5.56 Å². The number of nitrogens with zero attached hydrogens (tertiary/aromatic N) is 3. The number of carbonyl (C=O) groups excluding carboxylic acids is 2. The van der Waals surface area contributed by atoms with E-state index in [4.69, 9.17) is 5.73 Å². The molecule has 0 saturated carbocycles. The first-order valence-corrected chi connectivity index (χ1v) is 7.16. The molecule has 0 saturated heterocycles.